The van der Waals surface area contributed by atoms with Crippen molar-refractivity contribution >= 4 is 0 Å². The molecule has 2 rings (SSSR count). The number of aryl methyl sites for hydroxylation is 2. The van der Waals surface area contributed by atoms with Crippen molar-refractivity contribution in [3.05, 3.63) is 34.9 Å². The minimum absolute atomic E-state index is 0.175. The zero-order valence-electron chi connectivity index (χ0n) is 11.8. The van der Waals surface area contributed by atoms with Gasteiger partial charge in [0.1, 0.15) is 0 Å². The normalized spacial score (nSPS) is 23.0. The summed E-state index contributed by atoms with van der Waals surface area (Å²) in [4.78, 5) is 2.50. The summed E-state index contributed by atoms with van der Waals surface area (Å²) in [5.74, 6) is 0.447. The molecule has 100 valence electrons. The van der Waals surface area contributed by atoms with Crippen molar-refractivity contribution in [2.24, 2.45) is 5.92 Å². The number of piperidine rings is 1. The van der Waals surface area contributed by atoms with Gasteiger partial charge in [0.05, 0.1) is 6.10 Å². The molecule has 18 heavy (non-hydrogen) atoms. The van der Waals surface area contributed by atoms with Gasteiger partial charge in [-0.05, 0) is 62.8 Å². The molecule has 0 saturated carbocycles. The highest BCUT2D eigenvalue weighted by atomic mass is 16.3. The standard InChI is InChI=1S/C16H25NO/c1-12-6-4-7-13(2)16(12)11-17-9-5-8-15(10-17)14(3)18/h4,6-7,14-15,18H,5,8-11H2,1-3H3. The van der Waals surface area contributed by atoms with Crippen LogP contribution in [0.15, 0.2) is 18.2 Å². The van der Waals surface area contributed by atoms with Gasteiger partial charge in [-0.2, -0.15) is 0 Å². The van der Waals surface area contributed by atoms with E-state index in [4.69, 9.17) is 0 Å². The van der Waals surface area contributed by atoms with Crippen LogP contribution in [0.5, 0.6) is 0 Å². The van der Waals surface area contributed by atoms with Gasteiger partial charge < -0.3 is 5.11 Å². The zero-order chi connectivity index (χ0) is 13.1. The number of rotatable bonds is 3. The maximum Gasteiger partial charge on any atom is 0.0552 e. The summed E-state index contributed by atoms with van der Waals surface area (Å²) in [5.41, 5.74) is 4.23. The average Bonchev–Trinajstić information content (AvgIpc) is 2.34. The first-order valence-electron chi connectivity index (χ1n) is 7.03. The van der Waals surface area contributed by atoms with Gasteiger partial charge in [0.25, 0.3) is 0 Å². The molecule has 0 amide bonds. The Labute approximate surface area is 111 Å². The summed E-state index contributed by atoms with van der Waals surface area (Å²) in [7, 11) is 0. The number of hydrogen-bond acceptors (Lipinski definition) is 2. The van der Waals surface area contributed by atoms with Gasteiger partial charge in [-0.15, -0.1) is 0 Å². The Balaban J connectivity index is 2.05. The van der Waals surface area contributed by atoms with Crippen LogP contribution in [0.3, 0.4) is 0 Å². The lowest BCUT2D eigenvalue weighted by Crippen LogP contribution is -2.39. The fourth-order valence-electron chi connectivity index (χ4n) is 2.95. The van der Waals surface area contributed by atoms with Crippen molar-refractivity contribution in [1.29, 1.82) is 0 Å². The van der Waals surface area contributed by atoms with Gasteiger partial charge in [0, 0.05) is 13.1 Å². The van der Waals surface area contributed by atoms with Crippen LogP contribution in [0.2, 0.25) is 0 Å². The van der Waals surface area contributed by atoms with Gasteiger partial charge in [-0.3, -0.25) is 4.90 Å². The van der Waals surface area contributed by atoms with Crippen molar-refractivity contribution in [3.63, 3.8) is 0 Å². The summed E-state index contributed by atoms with van der Waals surface area (Å²) in [6.45, 7) is 9.54. The van der Waals surface area contributed by atoms with Crippen molar-refractivity contribution in [3.8, 4) is 0 Å². The molecule has 0 aliphatic carbocycles. The number of nitrogens with zero attached hydrogens (tertiary/aromatic N) is 1. The molecule has 1 aliphatic rings. The van der Waals surface area contributed by atoms with Crippen LogP contribution in [-0.4, -0.2) is 29.2 Å². The number of aliphatic hydroxyl groups is 1. The highest BCUT2D eigenvalue weighted by Crippen LogP contribution is 2.23. The summed E-state index contributed by atoms with van der Waals surface area (Å²) < 4.78 is 0. The molecule has 1 aromatic carbocycles. The number of aliphatic hydroxyl groups excluding tert-OH is 1. The summed E-state index contributed by atoms with van der Waals surface area (Å²) in [6, 6.07) is 6.51. The summed E-state index contributed by atoms with van der Waals surface area (Å²) in [6.07, 6.45) is 2.20. The van der Waals surface area contributed by atoms with E-state index in [1.165, 1.54) is 29.5 Å². The second-order valence-electron chi connectivity index (χ2n) is 5.75. The first kappa shape index (κ1) is 13.6. The van der Waals surface area contributed by atoms with Gasteiger partial charge in [0.15, 0.2) is 0 Å². The molecule has 2 heteroatoms. The van der Waals surface area contributed by atoms with E-state index in [0.717, 1.165) is 19.6 Å². The lowest BCUT2D eigenvalue weighted by atomic mass is 9.92. The number of hydrogen-bond donors (Lipinski definition) is 1. The van der Waals surface area contributed by atoms with E-state index in [9.17, 15) is 5.11 Å². The third-order valence-electron chi connectivity index (χ3n) is 4.25. The van der Waals surface area contributed by atoms with E-state index in [0.29, 0.717) is 5.92 Å². The van der Waals surface area contributed by atoms with Crippen LogP contribution in [0.4, 0.5) is 0 Å². The Morgan fingerprint density at radius 1 is 1.33 bits per heavy atom. The number of benzene rings is 1. The third kappa shape index (κ3) is 3.12. The van der Waals surface area contributed by atoms with Crippen LogP contribution in [0.1, 0.15) is 36.5 Å². The second-order valence-corrected chi connectivity index (χ2v) is 5.75. The molecule has 2 nitrogen and oxygen atoms in total. The molecular formula is C16H25NO. The maximum absolute atomic E-state index is 9.74. The van der Waals surface area contributed by atoms with Gasteiger partial charge in [-0.1, -0.05) is 18.2 Å². The molecule has 2 atom stereocenters. The number of likely N-dealkylation sites (tertiary alicyclic amines) is 1. The first-order valence-corrected chi connectivity index (χ1v) is 7.03. The molecule has 1 saturated heterocycles. The Hall–Kier alpha value is -0.860. The van der Waals surface area contributed by atoms with Crippen LogP contribution >= 0.6 is 0 Å². The van der Waals surface area contributed by atoms with E-state index >= 15 is 0 Å². The van der Waals surface area contributed by atoms with Crippen LogP contribution < -0.4 is 0 Å². The van der Waals surface area contributed by atoms with E-state index in [2.05, 4.69) is 36.9 Å². The lowest BCUT2D eigenvalue weighted by Gasteiger charge is -2.34. The average molecular weight is 247 g/mol. The topological polar surface area (TPSA) is 23.5 Å². The van der Waals surface area contributed by atoms with E-state index in [1.807, 2.05) is 6.92 Å². The minimum atomic E-state index is -0.175. The molecule has 2 unspecified atom stereocenters. The predicted octanol–water partition coefficient (Wildman–Crippen LogP) is 2.90. The van der Waals surface area contributed by atoms with E-state index < -0.39 is 0 Å². The van der Waals surface area contributed by atoms with Crippen LogP contribution in [0.25, 0.3) is 0 Å². The molecule has 1 aliphatic heterocycles. The zero-order valence-corrected chi connectivity index (χ0v) is 11.8. The van der Waals surface area contributed by atoms with Gasteiger partial charge >= 0.3 is 0 Å². The van der Waals surface area contributed by atoms with Crippen molar-refractivity contribution in [1.82, 2.24) is 4.90 Å². The molecule has 1 N–H and O–H groups in total. The SMILES string of the molecule is Cc1cccc(C)c1CN1CCCC(C(C)O)C1. The first-order chi connectivity index (χ1) is 8.58. The molecular weight excluding hydrogens is 222 g/mol. The summed E-state index contributed by atoms with van der Waals surface area (Å²) in [5, 5.41) is 9.74. The fourth-order valence-corrected chi connectivity index (χ4v) is 2.95. The Morgan fingerprint density at radius 3 is 2.61 bits per heavy atom. The van der Waals surface area contributed by atoms with Crippen LogP contribution in [-0.2, 0) is 6.54 Å². The fraction of sp³-hybridized carbons (Fsp3) is 0.625. The van der Waals surface area contributed by atoms with Crippen molar-refractivity contribution < 1.29 is 5.11 Å². The molecule has 1 aromatic rings. The third-order valence-corrected chi connectivity index (χ3v) is 4.25. The highest BCUT2D eigenvalue weighted by Gasteiger charge is 2.23. The van der Waals surface area contributed by atoms with Crippen molar-refractivity contribution in [2.45, 2.75) is 46.3 Å². The molecule has 0 aromatic heterocycles. The maximum atomic E-state index is 9.74. The monoisotopic (exact) mass is 247 g/mol. The van der Waals surface area contributed by atoms with Gasteiger partial charge in [-0.25, -0.2) is 0 Å². The molecule has 1 fully saturated rings. The molecule has 1 heterocycles. The molecule has 0 bridgehead atoms. The van der Waals surface area contributed by atoms with Gasteiger partial charge in [0.2, 0.25) is 0 Å². The smallest absolute Gasteiger partial charge is 0.0552 e. The van der Waals surface area contributed by atoms with Crippen molar-refractivity contribution in [2.75, 3.05) is 13.1 Å². The highest BCUT2D eigenvalue weighted by molar-refractivity contribution is 5.33. The minimum Gasteiger partial charge on any atom is -0.393 e. The largest absolute Gasteiger partial charge is 0.393 e. The quantitative estimate of drug-likeness (QED) is 0.888. The second kappa shape index (κ2) is 5.85. The van der Waals surface area contributed by atoms with E-state index in [-0.39, 0.29) is 6.10 Å². The van der Waals surface area contributed by atoms with Crippen LogP contribution in [0, 0.1) is 19.8 Å². The molecule has 0 radical (unpaired) electrons. The Morgan fingerprint density at radius 2 is 2.00 bits per heavy atom. The lowest BCUT2D eigenvalue weighted by molar-refractivity contribution is 0.0598. The Bertz CT molecular complexity index is 380. The Kier molecular flexibility index (Phi) is 4.41. The molecule has 0 spiro atoms. The predicted molar refractivity (Wildman–Crippen MR) is 75.6 cm³/mol. The summed E-state index contributed by atoms with van der Waals surface area (Å²) >= 11 is 0. The van der Waals surface area contributed by atoms with E-state index in [1.54, 1.807) is 0 Å².